The van der Waals surface area contributed by atoms with E-state index in [9.17, 15) is 18.3 Å². The molecule has 2 aromatic rings. The first-order chi connectivity index (χ1) is 10.8. The molecule has 2 rings (SSSR count). The van der Waals surface area contributed by atoms with Gasteiger partial charge in [0.05, 0.1) is 11.3 Å². The van der Waals surface area contributed by atoms with Crippen LogP contribution < -0.4 is 5.43 Å². The normalized spacial score (nSPS) is 12.3. The maximum absolute atomic E-state index is 12.5. The van der Waals surface area contributed by atoms with Gasteiger partial charge in [-0.1, -0.05) is 18.6 Å². The molecule has 4 nitrogen and oxygen atoms in total. The number of aryl methyl sites for hydroxylation is 1. The summed E-state index contributed by atoms with van der Waals surface area (Å²) in [5.74, 6) is 0.287. The zero-order valence-corrected chi connectivity index (χ0v) is 12.6. The lowest BCUT2D eigenvalue weighted by molar-refractivity contribution is -0.137. The first-order valence-electron chi connectivity index (χ1n) is 6.97. The maximum atomic E-state index is 12.5. The SMILES string of the molecule is CC/C(=N\Nc1ccc(C(F)(F)F)cn1)c1cc(C)ccc1O. The minimum atomic E-state index is -4.42. The van der Waals surface area contributed by atoms with Gasteiger partial charge in [-0.15, -0.1) is 0 Å². The number of hydrogen-bond donors (Lipinski definition) is 2. The van der Waals surface area contributed by atoms with Gasteiger partial charge < -0.3 is 5.11 Å². The number of hydrazone groups is 1. The van der Waals surface area contributed by atoms with Crippen molar-refractivity contribution >= 4 is 11.5 Å². The van der Waals surface area contributed by atoms with E-state index in [0.29, 0.717) is 17.7 Å². The zero-order chi connectivity index (χ0) is 17.0. The Morgan fingerprint density at radius 2 is 2.00 bits per heavy atom. The van der Waals surface area contributed by atoms with Crippen molar-refractivity contribution in [3.63, 3.8) is 0 Å². The van der Waals surface area contributed by atoms with Crippen LogP contribution in [-0.4, -0.2) is 15.8 Å². The Kier molecular flexibility index (Phi) is 4.88. The highest BCUT2D eigenvalue weighted by Crippen LogP contribution is 2.29. The topological polar surface area (TPSA) is 57.5 Å². The number of aromatic nitrogens is 1. The first kappa shape index (κ1) is 16.8. The summed E-state index contributed by atoms with van der Waals surface area (Å²) in [6.45, 7) is 3.75. The maximum Gasteiger partial charge on any atom is 0.417 e. The molecule has 1 heterocycles. The fourth-order valence-corrected chi connectivity index (χ4v) is 1.96. The number of benzene rings is 1. The van der Waals surface area contributed by atoms with Crippen molar-refractivity contribution in [1.29, 1.82) is 0 Å². The molecule has 0 aliphatic heterocycles. The van der Waals surface area contributed by atoms with E-state index in [1.807, 2.05) is 13.8 Å². The lowest BCUT2D eigenvalue weighted by Crippen LogP contribution is -2.07. The van der Waals surface area contributed by atoms with Crippen LogP contribution in [0, 0.1) is 6.92 Å². The smallest absolute Gasteiger partial charge is 0.417 e. The molecule has 2 N–H and O–H groups in total. The van der Waals surface area contributed by atoms with E-state index in [4.69, 9.17) is 0 Å². The molecule has 1 aromatic heterocycles. The van der Waals surface area contributed by atoms with Crippen molar-refractivity contribution in [3.8, 4) is 5.75 Å². The van der Waals surface area contributed by atoms with Gasteiger partial charge in [0.2, 0.25) is 0 Å². The van der Waals surface area contributed by atoms with E-state index < -0.39 is 11.7 Å². The molecule has 0 saturated heterocycles. The number of phenols is 1. The number of pyridine rings is 1. The van der Waals surface area contributed by atoms with Gasteiger partial charge in [0, 0.05) is 11.8 Å². The Hall–Kier alpha value is -2.57. The van der Waals surface area contributed by atoms with Crippen LogP contribution in [-0.2, 0) is 6.18 Å². The standard InChI is InChI=1S/C16H16F3N3O/c1-3-13(12-8-10(2)4-6-14(12)23)21-22-15-7-5-11(9-20-15)16(17,18)19/h4-9,23H,3H2,1-2H3,(H,20,22)/b21-13+. The average Bonchev–Trinajstić information content (AvgIpc) is 2.50. The van der Waals surface area contributed by atoms with Crippen molar-refractivity contribution in [3.05, 3.63) is 53.2 Å². The molecule has 0 aliphatic carbocycles. The van der Waals surface area contributed by atoms with Gasteiger partial charge in [0.25, 0.3) is 0 Å². The third-order valence-corrected chi connectivity index (χ3v) is 3.19. The third-order valence-electron chi connectivity index (χ3n) is 3.19. The van der Waals surface area contributed by atoms with Crippen molar-refractivity contribution < 1.29 is 18.3 Å². The number of alkyl halides is 3. The molecule has 0 fully saturated rings. The van der Waals surface area contributed by atoms with E-state index in [0.717, 1.165) is 17.8 Å². The van der Waals surface area contributed by atoms with Crippen LogP contribution >= 0.6 is 0 Å². The number of aromatic hydroxyl groups is 1. The molecule has 0 unspecified atom stereocenters. The number of phenolic OH excluding ortho intramolecular Hbond substituents is 1. The van der Waals surface area contributed by atoms with Crippen molar-refractivity contribution in [2.45, 2.75) is 26.4 Å². The van der Waals surface area contributed by atoms with Gasteiger partial charge in [-0.25, -0.2) is 4.98 Å². The van der Waals surface area contributed by atoms with E-state index >= 15 is 0 Å². The second-order valence-electron chi connectivity index (χ2n) is 4.97. The molecule has 0 aliphatic rings. The molecule has 0 amide bonds. The molecule has 0 radical (unpaired) electrons. The summed E-state index contributed by atoms with van der Waals surface area (Å²) >= 11 is 0. The Balaban J connectivity index is 2.21. The van der Waals surface area contributed by atoms with Crippen molar-refractivity contribution in [2.24, 2.45) is 5.10 Å². The van der Waals surface area contributed by atoms with Gasteiger partial charge in [-0.2, -0.15) is 18.3 Å². The van der Waals surface area contributed by atoms with Gasteiger partial charge >= 0.3 is 6.18 Å². The van der Waals surface area contributed by atoms with E-state index in [-0.39, 0.29) is 11.6 Å². The number of nitrogens with one attached hydrogen (secondary N) is 1. The summed E-state index contributed by atoms with van der Waals surface area (Å²) in [5.41, 5.74) is 3.91. The fraction of sp³-hybridized carbons (Fsp3) is 0.250. The van der Waals surface area contributed by atoms with E-state index in [2.05, 4.69) is 15.5 Å². The van der Waals surface area contributed by atoms with Gasteiger partial charge in [-0.3, -0.25) is 5.43 Å². The van der Waals surface area contributed by atoms with Gasteiger partial charge in [-0.05, 0) is 37.6 Å². The molecular formula is C16H16F3N3O. The monoisotopic (exact) mass is 323 g/mol. The number of halogens is 3. The molecular weight excluding hydrogens is 307 g/mol. The summed E-state index contributed by atoms with van der Waals surface area (Å²) in [6.07, 6.45) is -3.14. The summed E-state index contributed by atoms with van der Waals surface area (Å²) in [6, 6.07) is 7.28. The summed E-state index contributed by atoms with van der Waals surface area (Å²) in [7, 11) is 0. The number of nitrogens with zero attached hydrogens (tertiary/aromatic N) is 2. The number of rotatable bonds is 4. The highest BCUT2D eigenvalue weighted by molar-refractivity contribution is 6.03. The van der Waals surface area contributed by atoms with Crippen molar-refractivity contribution in [2.75, 3.05) is 5.43 Å². The molecule has 7 heteroatoms. The molecule has 0 saturated carbocycles. The second kappa shape index (κ2) is 6.68. The predicted molar refractivity (Wildman–Crippen MR) is 82.5 cm³/mol. The molecule has 23 heavy (non-hydrogen) atoms. The number of hydrogen-bond acceptors (Lipinski definition) is 4. The Bertz CT molecular complexity index is 710. The Morgan fingerprint density at radius 3 is 2.57 bits per heavy atom. The van der Waals surface area contributed by atoms with E-state index in [1.165, 1.54) is 6.07 Å². The molecule has 0 bridgehead atoms. The molecule has 0 atom stereocenters. The minimum Gasteiger partial charge on any atom is -0.507 e. The van der Waals surface area contributed by atoms with Crippen LogP contribution in [0.15, 0.2) is 41.6 Å². The van der Waals surface area contributed by atoms with Crippen molar-refractivity contribution in [1.82, 2.24) is 4.98 Å². The quantitative estimate of drug-likeness (QED) is 0.650. The van der Waals surface area contributed by atoms with Crippen LogP contribution in [0.5, 0.6) is 5.75 Å². The number of anilines is 1. The first-order valence-corrected chi connectivity index (χ1v) is 6.97. The lowest BCUT2D eigenvalue weighted by atomic mass is 10.0. The lowest BCUT2D eigenvalue weighted by Gasteiger charge is -2.09. The summed E-state index contributed by atoms with van der Waals surface area (Å²) in [4.78, 5) is 3.68. The molecule has 1 aromatic carbocycles. The van der Waals surface area contributed by atoms with Crippen LogP contribution in [0.25, 0.3) is 0 Å². The van der Waals surface area contributed by atoms with Crippen LogP contribution in [0.3, 0.4) is 0 Å². The molecule has 0 spiro atoms. The average molecular weight is 323 g/mol. The highest BCUT2D eigenvalue weighted by atomic mass is 19.4. The summed E-state index contributed by atoms with van der Waals surface area (Å²) in [5, 5.41) is 14.0. The van der Waals surface area contributed by atoms with E-state index in [1.54, 1.807) is 18.2 Å². The van der Waals surface area contributed by atoms with Crippen LogP contribution in [0.4, 0.5) is 19.0 Å². The molecule has 122 valence electrons. The van der Waals surface area contributed by atoms with Crippen LogP contribution in [0.2, 0.25) is 0 Å². The van der Waals surface area contributed by atoms with Gasteiger partial charge in [0.15, 0.2) is 0 Å². The third kappa shape index (κ3) is 4.21. The Labute approximate surface area is 131 Å². The zero-order valence-electron chi connectivity index (χ0n) is 12.6. The minimum absolute atomic E-state index is 0.0957. The highest BCUT2D eigenvalue weighted by Gasteiger charge is 2.30. The van der Waals surface area contributed by atoms with Gasteiger partial charge in [0.1, 0.15) is 11.6 Å². The Morgan fingerprint density at radius 1 is 1.26 bits per heavy atom. The predicted octanol–water partition coefficient (Wildman–Crippen LogP) is 4.34. The van der Waals surface area contributed by atoms with Crippen LogP contribution in [0.1, 0.15) is 30.0 Å². The largest absolute Gasteiger partial charge is 0.507 e. The second-order valence-corrected chi connectivity index (χ2v) is 4.97. The summed E-state index contributed by atoms with van der Waals surface area (Å²) < 4.78 is 37.4. The fourth-order valence-electron chi connectivity index (χ4n) is 1.96.